The van der Waals surface area contributed by atoms with Crippen LogP contribution >= 0.6 is 11.6 Å². The van der Waals surface area contributed by atoms with E-state index in [1.165, 1.54) is 32.1 Å². The minimum atomic E-state index is 0.102. The van der Waals surface area contributed by atoms with Gasteiger partial charge in [-0.1, -0.05) is 11.6 Å². The molecule has 0 atom stereocenters. The van der Waals surface area contributed by atoms with Crippen LogP contribution in [0.15, 0.2) is 6.07 Å². The number of nitrogens with zero attached hydrogens (tertiary/aromatic N) is 2. The molecule has 5 rings (SSSR count). The molecule has 0 spiro atoms. The third kappa shape index (κ3) is 2.44. The first-order valence-corrected chi connectivity index (χ1v) is 8.28. The van der Waals surface area contributed by atoms with Crippen LogP contribution < -0.4 is 5.32 Å². The number of nitrogens with one attached hydrogen (secondary N) is 1. The molecule has 4 nitrogen and oxygen atoms in total. The van der Waals surface area contributed by atoms with Gasteiger partial charge in [0.15, 0.2) is 0 Å². The lowest BCUT2D eigenvalue weighted by Crippen LogP contribution is -2.49. The summed E-state index contributed by atoms with van der Waals surface area (Å²) in [5.41, 5.74) is 0.774. The fraction of sp³-hybridized carbons (Fsp3) is 0.688. The quantitative estimate of drug-likeness (QED) is 0.851. The Labute approximate surface area is 129 Å². The van der Waals surface area contributed by atoms with Gasteiger partial charge in [0, 0.05) is 11.6 Å². The van der Waals surface area contributed by atoms with Crippen molar-refractivity contribution in [3.05, 3.63) is 16.9 Å². The van der Waals surface area contributed by atoms with Gasteiger partial charge in [0.1, 0.15) is 5.15 Å². The van der Waals surface area contributed by atoms with Crippen LogP contribution in [0.2, 0.25) is 5.15 Å². The smallest absolute Gasteiger partial charge is 0.231 e. The fourth-order valence-electron chi connectivity index (χ4n) is 5.13. The van der Waals surface area contributed by atoms with Crippen molar-refractivity contribution >= 4 is 23.5 Å². The number of hydrogen-bond donors (Lipinski definition) is 1. The first kappa shape index (κ1) is 13.5. The normalized spacial score (nSPS) is 36.8. The number of aromatic nitrogens is 2. The number of anilines is 1. The highest BCUT2D eigenvalue weighted by atomic mass is 35.5. The van der Waals surface area contributed by atoms with E-state index in [0.29, 0.717) is 22.9 Å². The van der Waals surface area contributed by atoms with E-state index in [4.69, 9.17) is 11.6 Å². The molecule has 1 aromatic rings. The second kappa shape index (κ2) is 4.94. The first-order chi connectivity index (χ1) is 10.1. The molecular weight excluding hydrogens is 286 g/mol. The standard InChI is InChI=1S/C16H20ClN3O/c1-8-2-13(17)19-16(18-8)20-15(21)14-11-4-9-3-10(6-11)7-12(14)5-9/h2,9-12,14H,3-7H2,1H3,(H,18,19,20,21). The number of rotatable bonds is 2. The molecule has 0 unspecified atom stereocenters. The maximum Gasteiger partial charge on any atom is 0.231 e. The number of carbonyl (C=O) groups is 1. The molecule has 0 aromatic carbocycles. The number of carbonyl (C=O) groups excluding carboxylic acids is 1. The summed E-state index contributed by atoms with van der Waals surface area (Å²) < 4.78 is 0. The van der Waals surface area contributed by atoms with E-state index in [2.05, 4.69) is 15.3 Å². The second-order valence-corrected chi connectivity index (χ2v) is 7.49. The average molecular weight is 306 g/mol. The Morgan fingerprint density at radius 2 is 1.76 bits per heavy atom. The van der Waals surface area contributed by atoms with Gasteiger partial charge in [0.2, 0.25) is 11.9 Å². The Bertz CT molecular complexity index is 541. The van der Waals surface area contributed by atoms with Gasteiger partial charge in [-0.05, 0) is 68.8 Å². The molecule has 4 aliphatic carbocycles. The van der Waals surface area contributed by atoms with Crippen LogP contribution in [0.25, 0.3) is 0 Å². The van der Waals surface area contributed by atoms with Gasteiger partial charge in [-0.15, -0.1) is 0 Å². The summed E-state index contributed by atoms with van der Waals surface area (Å²) in [5, 5.41) is 3.28. The summed E-state index contributed by atoms with van der Waals surface area (Å²) in [6.07, 6.45) is 6.35. The molecular formula is C16H20ClN3O. The van der Waals surface area contributed by atoms with Crippen molar-refractivity contribution in [1.82, 2.24) is 9.97 Å². The minimum Gasteiger partial charge on any atom is -0.294 e. The third-order valence-corrected chi connectivity index (χ3v) is 5.78. The summed E-state index contributed by atoms with van der Waals surface area (Å²) in [6.45, 7) is 1.85. The van der Waals surface area contributed by atoms with Gasteiger partial charge in [0.25, 0.3) is 0 Å². The predicted octanol–water partition coefficient (Wildman–Crippen LogP) is 3.45. The van der Waals surface area contributed by atoms with Gasteiger partial charge in [0.05, 0.1) is 0 Å². The summed E-state index contributed by atoms with van der Waals surface area (Å²) in [7, 11) is 0. The van der Waals surface area contributed by atoms with E-state index in [9.17, 15) is 4.79 Å². The lowest BCUT2D eigenvalue weighted by Gasteiger charge is -2.53. The van der Waals surface area contributed by atoms with Crippen LogP contribution in [0.4, 0.5) is 5.95 Å². The summed E-state index contributed by atoms with van der Waals surface area (Å²) in [4.78, 5) is 21.1. The van der Waals surface area contributed by atoms with Crippen LogP contribution in [0.3, 0.4) is 0 Å². The summed E-state index contributed by atoms with van der Waals surface area (Å²) in [5.74, 6) is 3.50. The number of amides is 1. The van der Waals surface area contributed by atoms with Gasteiger partial charge in [-0.2, -0.15) is 0 Å². The van der Waals surface area contributed by atoms with Gasteiger partial charge in [-0.3, -0.25) is 10.1 Å². The van der Waals surface area contributed by atoms with E-state index in [1.54, 1.807) is 6.07 Å². The van der Waals surface area contributed by atoms with Gasteiger partial charge >= 0.3 is 0 Å². The molecule has 4 aliphatic rings. The maximum absolute atomic E-state index is 12.7. The highest BCUT2D eigenvalue weighted by Crippen LogP contribution is 2.56. The van der Waals surface area contributed by atoms with E-state index < -0.39 is 0 Å². The van der Waals surface area contributed by atoms with Crippen LogP contribution in [-0.2, 0) is 4.79 Å². The zero-order chi connectivity index (χ0) is 14.6. The fourth-order valence-corrected chi connectivity index (χ4v) is 5.37. The van der Waals surface area contributed by atoms with Crippen LogP contribution in [0.5, 0.6) is 0 Å². The molecule has 0 radical (unpaired) electrons. The molecule has 1 N–H and O–H groups in total. The monoisotopic (exact) mass is 305 g/mol. The topological polar surface area (TPSA) is 54.9 Å². The van der Waals surface area contributed by atoms with Crippen molar-refractivity contribution in [1.29, 1.82) is 0 Å². The van der Waals surface area contributed by atoms with Crippen molar-refractivity contribution in [3.8, 4) is 0 Å². The Balaban J connectivity index is 1.52. The number of hydrogen-bond acceptors (Lipinski definition) is 3. The SMILES string of the molecule is Cc1cc(Cl)nc(NC(=O)C2C3CC4CC(C3)CC2C4)n1. The number of aryl methyl sites for hydroxylation is 1. The summed E-state index contributed by atoms with van der Waals surface area (Å²) in [6, 6.07) is 1.69. The summed E-state index contributed by atoms with van der Waals surface area (Å²) >= 11 is 5.94. The third-order valence-electron chi connectivity index (χ3n) is 5.59. The van der Waals surface area contributed by atoms with E-state index >= 15 is 0 Å². The largest absolute Gasteiger partial charge is 0.294 e. The van der Waals surface area contributed by atoms with Crippen LogP contribution in [-0.4, -0.2) is 15.9 Å². The lowest BCUT2D eigenvalue weighted by atomic mass is 9.51. The van der Waals surface area contributed by atoms with Crippen LogP contribution in [0.1, 0.15) is 37.8 Å². The zero-order valence-electron chi connectivity index (χ0n) is 12.2. The first-order valence-electron chi connectivity index (χ1n) is 7.90. The Morgan fingerprint density at radius 1 is 1.14 bits per heavy atom. The molecule has 4 saturated carbocycles. The molecule has 0 saturated heterocycles. The second-order valence-electron chi connectivity index (χ2n) is 7.10. The van der Waals surface area contributed by atoms with Crippen molar-refractivity contribution < 1.29 is 4.79 Å². The van der Waals surface area contributed by atoms with Crippen molar-refractivity contribution in [3.63, 3.8) is 0 Å². The molecule has 1 heterocycles. The molecule has 21 heavy (non-hydrogen) atoms. The highest BCUT2D eigenvalue weighted by molar-refractivity contribution is 6.29. The van der Waals surface area contributed by atoms with Crippen molar-refractivity contribution in [2.75, 3.05) is 5.32 Å². The molecule has 4 bridgehead atoms. The maximum atomic E-state index is 12.7. The van der Waals surface area contributed by atoms with E-state index in [-0.39, 0.29) is 11.8 Å². The number of halogens is 1. The van der Waals surface area contributed by atoms with Gasteiger partial charge < -0.3 is 0 Å². The predicted molar refractivity (Wildman–Crippen MR) is 80.9 cm³/mol. The Hall–Kier alpha value is -1.16. The lowest BCUT2D eigenvalue weighted by molar-refractivity contribution is -0.132. The molecule has 4 fully saturated rings. The van der Waals surface area contributed by atoms with Crippen molar-refractivity contribution in [2.45, 2.75) is 39.0 Å². The Kier molecular flexibility index (Phi) is 3.18. The van der Waals surface area contributed by atoms with E-state index in [1.807, 2.05) is 6.92 Å². The molecule has 112 valence electrons. The minimum absolute atomic E-state index is 0.102. The molecule has 0 aliphatic heterocycles. The van der Waals surface area contributed by atoms with Crippen molar-refractivity contribution in [2.24, 2.45) is 29.6 Å². The Morgan fingerprint density at radius 3 is 2.33 bits per heavy atom. The molecule has 5 heteroatoms. The van der Waals surface area contributed by atoms with Crippen LogP contribution in [0, 0.1) is 36.5 Å². The molecule has 1 aromatic heterocycles. The highest BCUT2D eigenvalue weighted by Gasteiger charge is 2.50. The zero-order valence-corrected chi connectivity index (χ0v) is 12.9. The van der Waals surface area contributed by atoms with Gasteiger partial charge in [-0.25, -0.2) is 9.97 Å². The average Bonchev–Trinajstić information content (AvgIpc) is 2.35. The van der Waals surface area contributed by atoms with E-state index in [0.717, 1.165) is 17.5 Å². The molecule has 1 amide bonds.